The van der Waals surface area contributed by atoms with Crippen molar-refractivity contribution in [1.29, 1.82) is 0 Å². The van der Waals surface area contributed by atoms with Crippen molar-refractivity contribution >= 4 is 28.6 Å². The maximum Gasteiger partial charge on any atom is 0.0682 e. The summed E-state index contributed by atoms with van der Waals surface area (Å²) in [5.41, 5.74) is 4.32. The number of aliphatic hydroxyl groups is 1. The van der Waals surface area contributed by atoms with E-state index in [2.05, 4.69) is 37.4 Å². The van der Waals surface area contributed by atoms with E-state index >= 15 is 0 Å². The Morgan fingerprint density at radius 2 is 2.05 bits per heavy atom. The van der Waals surface area contributed by atoms with Gasteiger partial charge in [0.05, 0.1) is 12.3 Å². The second-order valence-electron chi connectivity index (χ2n) is 5.03. The largest absolute Gasteiger partial charge is 0.392 e. The van der Waals surface area contributed by atoms with Crippen molar-refractivity contribution in [2.24, 2.45) is 5.92 Å². The molecule has 1 atom stereocenters. The van der Waals surface area contributed by atoms with Gasteiger partial charge >= 0.3 is 0 Å². The third kappa shape index (κ3) is 3.92. The third-order valence-corrected chi connectivity index (χ3v) is 4.54. The Hall–Kier alpha value is -1.19. The van der Waals surface area contributed by atoms with E-state index in [-0.39, 0.29) is 6.61 Å². The molecule has 1 aliphatic heterocycles. The molecule has 0 radical (unpaired) electrons. The van der Waals surface area contributed by atoms with Crippen LogP contribution in [0.2, 0.25) is 0 Å². The first-order valence-electron chi connectivity index (χ1n) is 7.65. The van der Waals surface area contributed by atoms with Crippen molar-refractivity contribution in [3.05, 3.63) is 42.0 Å². The van der Waals surface area contributed by atoms with Crippen molar-refractivity contribution in [3.8, 4) is 0 Å². The molecule has 1 aromatic carbocycles. The number of hydrogen-bond donors (Lipinski definition) is 1. The molecule has 0 aromatic heterocycles. The summed E-state index contributed by atoms with van der Waals surface area (Å²) in [6.45, 7) is 17.5. The van der Waals surface area contributed by atoms with Gasteiger partial charge in [0.2, 0.25) is 0 Å². The van der Waals surface area contributed by atoms with Crippen LogP contribution in [0.5, 0.6) is 0 Å². The first-order valence-corrected chi connectivity index (χ1v) is 8.43. The lowest BCUT2D eigenvalue weighted by Gasteiger charge is -2.21. The van der Waals surface area contributed by atoms with E-state index in [1.807, 2.05) is 26.0 Å². The van der Waals surface area contributed by atoms with Gasteiger partial charge in [-0.25, -0.2) is 0 Å². The smallest absolute Gasteiger partial charge is 0.0682 e. The molecule has 0 aliphatic carbocycles. The molecule has 0 fully saturated rings. The van der Waals surface area contributed by atoms with Crippen LogP contribution in [0.15, 0.2) is 25.3 Å². The molecule has 2 nitrogen and oxygen atoms in total. The number of anilines is 1. The van der Waals surface area contributed by atoms with Gasteiger partial charge in [-0.3, -0.25) is 0 Å². The summed E-state index contributed by atoms with van der Waals surface area (Å²) in [6.07, 6.45) is 3.00. The fraction of sp³-hybridized carbons (Fsp3) is 0.444. The highest BCUT2D eigenvalue weighted by Crippen LogP contribution is 2.48. The quantitative estimate of drug-likeness (QED) is 0.743. The van der Waals surface area contributed by atoms with Gasteiger partial charge in [-0.15, -0.1) is 0 Å². The Morgan fingerprint density at radius 3 is 2.57 bits per heavy atom. The highest BCUT2D eigenvalue weighted by Gasteiger charge is 2.27. The predicted molar refractivity (Wildman–Crippen MR) is 97.2 cm³/mol. The maximum absolute atomic E-state index is 9.39. The lowest BCUT2D eigenvalue weighted by molar-refractivity contribution is 0.282. The topological polar surface area (TPSA) is 23.5 Å². The average molecular weight is 305 g/mol. The zero-order valence-electron chi connectivity index (χ0n) is 13.6. The van der Waals surface area contributed by atoms with Crippen LogP contribution < -0.4 is 4.31 Å². The fourth-order valence-corrected chi connectivity index (χ4v) is 3.39. The number of benzene rings is 1. The standard InChI is InChI=1S/C16H21NOS.C2H6/c1-5-11(3)9-17-15-8-13(10-18)7-14(6-2)16(15)12(4)19-17;1-2/h6-8,11,18H,2,4-5,9-10H2,1,3H3;1-2H3. The van der Waals surface area contributed by atoms with Gasteiger partial charge in [0.1, 0.15) is 0 Å². The second-order valence-corrected chi connectivity index (χ2v) is 6.15. The summed E-state index contributed by atoms with van der Waals surface area (Å²) in [4.78, 5) is 1.07. The van der Waals surface area contributed by atoms with E-state index in [1.165, 1.54) is 5.56 Å². The van der Waals surface area contributed by atoms with Crippen LogP contribution in [-0.4, -0.2) is 11.7 Å². The monoisotopic (exact) mass is 305 g/mol. The Bertz CT molecular complexity index is 510. The fourth-order valence-electron chi connectivity index (χ4n) is 2.24. The summed E-state index contributed by atoms with van der Waals surface area (Å²) in [7, 11) is 0. The molecule has 0 spiro atoms. The zero-order chi connectivity index (χ0) is 16.0. The lowest BCUT2D eigenvalue weighted by Crippen LogP contribution is -2.19. The van der Waals surface area contributed by atoms with E-state index in [0.717, 1.165) is 34.7 Å². The molecular weight excluding hydrogens is 278 g/mol. The van der Waals surface area contributed by atoms with Crippen LogP contribution >= 0.6 is 11.9 Å². The number of fused-ring (bicyclic) bond motifs is 1. The molecule has 0 bridgehead atoms. The van der Waals surface area contributed by atoms with Gasteiger partial charge in [-0.2, -0.15) is 0 Å². The first-order chi connectivity index (χ1) is 10.1. The van der Waals surface area contributed by atoms with Crippen LogP contribution in [0.4, 0.5) is 5.69 Å². The SMILES string of the molecule is C=Cc1cc(CO)cc2c1C(=C)SN2CC(C)CC.CC. The van der Waals surface area contributed by atoms with Crippen LogP contribution in [0.1, 0.15) is 50.8 Å². The number of hydrogen-bond acceptors (Lipinski definition) is 3. The second kappa shape index (κ2) is 8.30. The zero-order valence-corrected chi connectivity index (χ0v) is 14.5. The average Bonchev–Trinajstić information content (AvgIpc) is 2.84. The highest BCUT2D eigenvalue weighted by molar-refractivity contribution is 8.10. The van der Waals surface area contributed by atoms with E-state index in [4.69, 9.17) is 0 Å². The van der Waals surface area contributed by atoms with Gasteiger partial charge in [-0.05, 0) is 41.1 Å². The van der Waals surface area contributed by atoms with Crippen molar-refractivity contribution < 1.29 is 5.11 Å². The summed E-state index contributed by atoms with van der Waals surface area (Å²) in [6, 6.07) is 4.06. The van der Waals surface area contributed by atoms with Crippen molar-refractivity contribution in [1.82, 2.24) is 0 Å². The predicted octanol–water partition coefficient (Wildman–Crippen LogP) is 5.33. The Kier molecular flexibility index (Phi) is 7.06. The molecule has 1 aliphatic rings. The molecule has 0 amide bonds. The van der Waals surface area contributed by atoms with E-state index in [1.54, 1.807) is 11.9 Å². The van der Waals surface area contributed by atoms with E-state index in [9.17, 15) is 5.11 Å². The summed E-state index contributed by atoms with van der Waals surface area (Å²) < 4.78 is 2.29. The Balaban J connectivity index is 0.00000106. The Morgan fingerprint density at radius 1 is 1.38 bits per heavy atom. The van der Waals surface area contributed by atoms with Crippen LogP contribution in [0, 0.1) is 5.92 Å². The maximum atomic E-state index is 9.39. The van der Waals surface area contributed by atoms with Gasteiger partial charge in [0.15, 0.2) is 0 Å². The van der Waals surface area contributed by atoms with Crippen LogP contribution in [0.3, 0.4) is 0 Å². The molecule has 1 unspecified atom stereocenters. The number of rotatable bonds is 5. The molecule has 1 heterocycles. The lowest BCUT2D eigenvalue weighted by atomic mass is 10.0. The minimum Gasteiger partial charge on any atom is -0.392 e. The molecule has 2 rings (SSSR count). The summed E-state index contributed by atoms with van der Waals surface area (Å²) in [5, 5.41) is 9.39. The highest BCUT2D eigenvalue weighted by atomic mass is 32.2. The molecule has 1 aromatic rings. The van der Waals surface area contributed by atoms with Crippen molar-refractivity contribution in [2.75, 3.05) is 10.8 Å². The third-order valence-electron chi connectivity index (χ3n) is 3.55. The molecule has 21 heavy (non-hydrogen) atoms. The molecule has 1 N–H and O–H groups in total. The van der Waals surface area contributed by atoms with Crippen molar-refractivity contribution in [2.45, 2.75) is 40.7 Å². The minimum absolute atomic E-state index is 0.0580. The van der Waals surface area contributed by atoms with Gasteiger partial charge in [0, 0.05) is 17.0 Å². The van der Waals surface area contributed by atoms with E-state index < -0.39 is 0 Å². The van der Waals surface area contributed by atoms with Gasteiger partial charge in [0.25, 0.3) is 0 Å². The van der Waals surface area contributed by atoms with Crippen LogP contribution in [0.25, 0.3) is 11.0 Å². The first kappa shape index (κ1) is 17.9. The molecular formula is C18H27NOS. The summed E-state index contributed by atoms with van der Waals surface area (Å²) >= 11 is 1.70. The molecule has 0 saturated heterocycles. The summed E-state index contributed by atoms with van der Waals surface area (Å²) in [5.74, 6) is 0.635. The van der Waals surface area contributed by atoms with Gasteiger partial charge < -0.3 is 9.41 Å². The van der Waals surface area contributed by atoms with Crippen LogP contribution in [-0.2, 0) is 6.61 Å². The Labute approximate surface area is 133 Å². The van der Waals surface area contributed by atoms with E-state index in [0.29, 0.717) is 5.92 Å². The van der Waals surface area contributed by atoms with Gasteiger partial charge in [-0.1, -0.05) is 53.3 Å². The number of nitrogens with zero attached hydrogens (tertiary/aromatic N) is 1. The number of aliphatic hydroxyl groups excluding tert-OH is 1. The normalized spacial score (nSPS) is 14.3. The minimum atomic E-state index is 0.0580. The molecule has 3 heteroatoms. The molecule has 0 saturated carbocycles. The molecule has 116 valence electrons. The van der Waals surface area contributed by atoms with Crippen molar-refractivity contribution in [3.63, 3.8) is 0 Å².